The smallest absolute Gasteiger partial charge is 0.248 e. The zero-order chi connectivity index (χ0) is 25.8. The number of unbranched alkanes of at least 4 members (excludes halogenated alkanes) is 1. The fraction of sp³-hybridized carbons (Fsp3) is 0.724. The summed E-state index contributed by atoms with van der Waals surface area (Å²) in [6, 6.07) is 5.24. The number of carbonyl (C=O) groups excluding carboxylic acids is 2. The molecule has 0 unspecified atom stereocenters. The number of piperidine rings is 1. The maximum absolute atomic E-state index is 13.8. The molecule has 2 atom stereocenters. The lowest BCUT2D eigenvalue weighted by Gasteiger charge is -2.52. The van der Waals surface area contributed by atoms with Crippen LogP contribution in [-0.2, 0) is 16.0 Å². The van der Waals surface area contributed by atoms with Crippen LogP contribution in [0.4, 0.5) is 0 Å². The second kappa shape index (κ2) is 11.6. The van der Waals surface area contributed by atoms with Gasteiger partial charge in [0, 0.05) is 19.6 Å². The van der Waals surface area contributed by atoms with Gasteiger partial charge in [0.05, 0.1) is 6.10 Å². The van der Waals surface area contributed by atoms with E-state index >= 15 is 0 Å². The first kappa shape index (κ1) is 26.3. The summed E-state index contributed by atoms with van der Waals surface area (Å²) in [5, 5.41) is 14.1. The number of hydrogen-bond acceptors (Lipinski definition) is 6. The molecule has 1 spiro atoms. The molecular formula is C29H43N3O5. The maximum Gasteiger partial charge on any atom is 0.248 e. The van der Waals surface area contributed by atoms with Crippen molar-refractivity contribution in [3.63, 3.8) is 0 Å². The minimum Gasteiger partial charge on any atom is -0.454 e. The van der Waals surface area contributed by atoms with Gasteiger partial charge in [-0.1, -0.05) is 44.7 Å². The van der Waals surface area contributed by atoms with Crippen LogP contribution < -0.4 is 14.8 Å². The highest BCUT2D eigenvalue weighted by atomic mass is 16.7. The Morgan fingerprint density at radius 2 is 1.86 bits per heavy atom. The normalized spacial score (nSPS) is 24.9. The topological polar surface area (TPSA) is 91.3 Å². The first-order valence-corrected chi connectivity index (χ1v) is 14.4. The van der Waals surface area contributed by atoms with Gasteiger partial charge in [0.15, 0.2) is 11.5 Å². The lowest BCUT2D eigenvalue weighted by molar-refractivity contribution is -0.165. The van der Waals surface area contributed by atoms with Crippen LogP contribution in [0.3, 0.4) is 0 Å². The Balaban J connectivity index is 1.20. The number of para-hydroxylation sites is 1. The van der Waals surface area contributed by atoms with Gasteiger partial charge in [-0.05, 0) is 69.0 Å². The van der Waals surface area contributed by atoms with E-state index < -0.39 is 17.7 Å². The number of nitrogens with one attached hydrogen (secondary N) is 1. The van der Waals surface area contributed by atoms with Gasteiger partial charge in [0.1, 0.15) is 11.6 Å². The van der Waals surface area contributed by atoms with Crippen LogP contribution in [0.5, 0.6) is 11.5 Å². The molecule has 0 bridgehead atoms. The highest BCUT2D eigenvalue weighted by Crippen LogP contribution is 2.37. The second-order valence-electron chi connectivity index (χ2n) is 11.3. The lowest BCUT2D eigenvalue weighted by Crippen LogP contribution is -2.75. The van der Waals surface area contributed by atoms with Crippen molar-refractivity contribution in [1.82, 2.24) is 15.1 Å². The van der Waals surface area contributed by atoms with E-state index in [4.69, 9.17) is 9.47 Å². The van der Waals surface area contributed by atoms with Crippen LogP contribution in [0, 0.1) is 5.92 Å². The molecule has 1 saturated carbocycles. The minimum atomic E-state index is -0.810. The predicted molar refractivity (Wildman–Crippen MR) is 140 cm³/mol. The van der Waals surface area contributed by atoms with Crippen molar-refractivity contribution in [1.29, 1.82) is 0 Å². The molecule has 1 aromatic carbocycles. The molecule has 3 aliphatic heterocycles. The SMILES string of the molecule is CCCCN1C(=O)[C@@H]([C@H](O)C2CCCCC2)NC(=O)C12CCN(CCCc1cccc3c1OCO3)CC2. The molecule has 204 valence electrons. The third-order valence-electron chi connectivity index (χ3n) is 9.05. The van der Waals surface area contributed by atoms with Gasteiger partial charge >= 0.3 is 0 Å². The Hall–Kier alpha value is -2.32. The first-order chi connectivity index (χ1) is 18.0. The molecule has 8 nitrogen and oxygen atoms in total. The number of ether oxygens (including phenoxy) is 2. The van der Waals surface area contributed by atoms with E-state index in [1.54, 1.807) is 0 Å². The first-order valence-electron chi connectivity index (χ1n) is 14.4. The van der Waals surface area contributed by atoms with E-state index in [1.165, 1.54) is 12.0 Å². The molecule has 3 heterocycles. The highest BCUT2D eigenvalue weighted by molar-refractivity contribution is 6.00. The van der Waals surface area contributed by atoms with Crippen LogP contribution in [0.15, 0.2) is 18.2 Å². The molecule has 1 aromatic rings. The Morgan fingerprint density at radius 1 is 1.08 bits per heavy atom. The van der Waals surface area contributed by atoms with Gasteiger partial charge in [-0.3, -0.25) is 9.59 Å². The zero-order valence-corrected chi connectivity index (χ0v) is 22.3. The third kappa shape index (κ3) is 5.32. The summed E-state index contributed by atoms with van der Waals surface area (Å²) in [7, 11) is 0. The molecule has 2 saturated heterocycles. The lowest BCUT2D eigenvalue weighted by atomic mass is 9.78. The Morgan fingerprint density at radius 3 is 2.62 bits per heavy atom. The van der Waals surface area contributed by atoms with Crippen LogP contribution in [0.2, 0.25) is 0 Å². The zero-order valence-electron chi connectivity index (χ0n) is 22.3. The van der Waals surface area contributed by atoms with Crippen LogP contribution in [-0.4, -0.2) is 77.4 Å². The number of likely N-dealkylation sites (tertiary alicyclic amines) is 1. The summed E-state index contributed by atoms with van der Waals surface area (Å²) in [5.74, 6) is 1.63. The van der Waals surface area contributed by atoms with E-state index in [2.05, 4.69) is 23.2 Å². The van der Waals surface area contributed by atoms with Crippen molar-refractivity contribution in [2.75, 3.05) is 33.0 Å². The minimum absolute atomic E-state index is 0.0697. The van der Waals surface area contributed by atoms with Gasteiger partial charge in [-0.2, -0.15) is 0 Å². The summed E-state index contributed by atoms with van der Waals surface area (Å²) in [6.07, 6.45) is 9.43. The summed E-state index contributed by atoms with van der Waals surface area (Å²) < 4.78 is 11.1. The monoisotopic (exact) mass is 513 g/mol. The van der Waals surface area contributed by atoms with Crippen molar-refractivity contribution in [3.05, 3.63) is 23.8 Å². The summed E-state index contributed by atoms with van der Waals surface area (Å²) in [6.45, 7) is 5.48. The van der Waals surface area contributed by atoms with E-state index in [0.717, 1.165) is 82.5 Å². The molecule has 1 aliphatic carbocycles. The molecule has 3 fully saturated rings. The molecular weight excluding hydrogens is 470 g/mol. The fourth-order valence-corrected chi connectivity index (χ4v) is 6.78. The molecule has 4 aliphatic rings. The van der Waals surface area contributed by atoms with Gasteiger partial charge in [-0.15, -0.1) is 0 Å². The molecule has 37 heavy (non-hydrogen) atoms. The summed E-state index contributed by atoms with van der Waals surface area (Å²) in [4.78, 5) is 31.7. The Kier molecular flexibility index (Phi) is 8.24. The number of aryl methyl sites for hydroxylation is 1. The van der Waals surface area contributed by atoms with E-state index in [9.17, 15) is 14.7 Å². The average Bonchev–Trinajstić information content (AvgIpc) is 3.42. The fourth-order valence-electron chi connectivity index (χ4n) is 6.78. The largest absolute Gasteiger partial charge is 0.454 e. The van der Waals surface area contributed by atoms with Crippen LogP contribution in [0.1, 0.15) is 76.7 Å². The number of piperazine rings is 1. The van der Waals surface area contributed by atoms with Crippen molar-refractivity contribution in [2.24, 2.45) is 5.92 Å². The van der Waals surface area contributed by atoms with Crippen molar-refractivity contribution < 1.29 is 24.2 Å². The Bertz CT molecular complexity index is 955. The van der Waals surface area contributed by atoms with Gasteiger partial charge < -0.3 is 29.7 Å². The van der Waals surface area contributed by atoms with Gasteiger partial charge in [0.25, 0.3) is 0 Å². The molecule has 8 heteroatoms. The van der Waals surface area contributed by atoms with Crippen LogP contribution >= 0.6 is 0 Å². The molecule has 2 N–H and O–H groups in total. The number of hydrogen-bond donors (Lipinski definition) is 2. The van der Waals surface area contributed by atoms with Crippen molar-refractivity contribution in [2.45, 2.75) is 95.2 Å². The van der Waals surface area contributed by atoms with Crippen molar-refractivity contribution >= 4 is 11.8 Å². The number of aliphatic hydroxyl groups is 1. The predicted octanol–water partition coefficient (Wildman–Crippen LogP) is 3.25. The van der Waals surface area contributed by atoms with E-state index in [0.29, 0.717) is 19.4 Å². The summed E-state index contributed by atoms with van der Waals surface area (Å²) in [5.41, 5.74) is 0.380. The molecule has 5 rings (SSSR count). The second-order valence-corrected chi connectivity index (χ2v) is 11.3. The van der Waals surface area contributed by atoms with E-state index in [-0.39, 0.29) is 24.5 Å². The number of aliphatic hydroxyl groups excluding tert-OH is 1. The van der Waals surface area contributed by atoms with Gasteiger partial charge in [0.2, 0.25) is 18.6 Å². The number of nitrogens with zero attached hydrogens (tertiary/aromatic N) is 2. The van der Waals surface area contributed by atoms with Crippen molar-refractivity contribution in [3.8, 4) is 11.5 Å². The van der Waals surface area contributed by atoms with Crippen LogP contribution in [0.25, 0.3) is 0 Å². The quantitative estimate of drug-likeness (QED) is 0.527. The average molecular weight is 514 g/mol. The van der Waals surface area contributed by atoms with Gasteiger partial charge in [-0.25, -0.2) is 0 Å². The molecule has 0 aromatic heterocycles. The maximum atomic E-state index is 13.8. The third-order valence-corrected chi connectivity index (χ3v) is 9.05. The number of amides is 2. The van der Waals surface area contributed by atoms with E-state index in [1.807, 2.05) is 17.0 Å². The highest BCUT2D eigenvalue weighted by Gasteiger charge is 2.55. The standard InChI is InChI=1S/C29H43N3O5/c1-2-3-17-32-27(34)24(25(33)21-9-5-4-6-10-21)30-28(35)29(32)14-18-31(19-15-29)16-8-12-22-11-7-13-23-26(22)37-20-36-23/h7,11,13,21,24-25,33H,2-6,8-10,12,14-20H2,1H3,(H,30,35)/t24-,25-/m1/s1. The number of fused-ring (bicyclic) bond motifs is 1. The Labute approximate surface area is 220 Å². The molecule has 2 amide bonds. The summed E-state index contributed by atoms with van der Waals surface area (Å²) >= 11 is 0. The number of benzene rings is 1. The number of rotatable bonds is 9. The number of carbonyl (C=O) groups is 2. The molecule has 0 radical (unpaired) electrons.